The van der Waals surface area contributed by atoms with Crippen molar-refractivity contribution in [2.75, 3.05) is 18.0 Å². The molecule has 1 aliphatic rings. The molecule has 1 fully saturated rings. The minimum Gasteiger partial charge on any atom is -0.481 e. The molecule has 3 heterocycles. The van der Waals surface area contributed by atoms with Crippen LogP contribution in [0.4, 0.5) is 5.82 Å². The Morgan fingerprint density at radius 3 is 2.67 bits per heavy atom. The van der Waals surface area contributed by atoms with Gasteiger partial charge in [-0.2, -0.15) is 0 Å². The van der Waals surface area contributed by atoms with Crippen LogP contribution in [0.1, 0.15) is 31.2 Å². The number of anilines is 1. The molecule has 4 rings (SSSR count). The number of H-pyrrole nitrogens is 1. The number of aryl methyl sites for hydroxylation is 1. The average Bonchev–Trinajstić information content (AvgIpc) is 3.18. The first-order chi connectivity index (χ1) is 13.2. The lowest BCUT2D eigenvalue weighted by Gasteiger charge is -2.39. The SMILES string of the molecule is O=C(O)C1(CCCc2ccccc2)CCN(c2ncnc3[nH]ccc23)CC1. The van der Waals surface area contributed by atoms with Gasteiger partial charge >= 0.3 is 5.97 Å². The first-order valence-corrected chi connectivity index (χ1v) is 9.48. The standard InChI is InChI=1S/C21H24N4O2/c26-20(27)21(9-4-7-16-5-2-1-3-6-16)10-13-25(14-11-21)19-17-8-12-22-18(17)23-15-24-19/h1-3,5-6,8,12,15H,4,7,9-11,13-14H2,(H,26,27)(H,22,23,24). The number of aromatic amines is 1. The molecule has 2 aromatic heterocycles. The second-order valence-electron chi connectivity index (χ2n) is 7.35. The summed E-state index contributed by atoms with van der Waals surface area (Å²) in [4.78, 5) is 26.1. The maximum absolute atomic E-state index is 12.1. The Balaban J connectivity index is 1.43. The summed E-state index contributed by atoms with van der Waals surface area (Å²) in [5.41, 5.74) is 1.46. The third-order valence-electron chi connectivity index (χ3n) is 5.77. The number of aliphatic carboxylic acids is 1. The lowest BCUT2D eigenvalue weighted by atomic mass is 9.74. The Morgan fingerprint density at radius 1 is 1.15 bits per heavy atom. The topological polar surface area (TPSA) is 82.1 Å². The Labute approximate surface area is 158 Å². The number of carbonyl (C=O) groups is 1. The lowest BCUT2D eigenvalue weighted by molar-refractivity contribution is -0.151. The third kappa shape index (κ3) is 3.52. The Hall–Kier alpha value is -2.89. The smallest absolute Gasteiger partial charge is 0.309 e. The fraction of sp³-hybridized carbons (Fsp3) is 0.381. The van der Waals surface area contributed by atoms with E-state index in [4.69, 9.17) is 0 Å². The van der Waals surface area contributed by atoms with E-state index in [1.165, 1.54) is 5.56 Å². The van der Waals surface area contributed by atoms with Gasteiger partial charge < -0.3 is 15.0 Å². The summed E-state index contributed by atoms with van der Waals surface area (Å²) in [5, 5.41) is 10.9. The van der Waals surface area contributed by atoms with Crippen LogP contribution in [-0.4, -0.2) is 39.1 Å². The summed E-state index contributed by atoms with van der Waals surface area (Å²) in [7, 11) is 0. The zero-order chi connectivity index (χ0) is 18.7. The van der Waals surface area contributed by atoms with Crippen LogP contribution in [0.25, 0.3) is 11.0 Å². The number of carboxylic acids is 1. The molecule has 6 heteroatoms. The highest BCUT2D eigenvalue weighted by molar-refractivity contribution is 5.87. The second kappa shape index (κ2) is 7.39. The number of aromatic nitrogens is 3. The molecule has 140 valence electrons. The van der Waals surface area contributed by atoms with Gasteiger partial charge in [-0.15, -0.1) is 0 Å². The Kier molecular flexibility index (Phi) is 4.79. The molecular formula is C21H24N4O2. The molecule has 3 aromatic rings. The largest absolute Gasteiger partial charge is 0.481 e. The minimum absolute atomic E-state index is 0.629. The van der Waals surface area contributed by atoms with Gasteiger partial charge in [0.05, 0.1) is 10.8 Å². The predicted molar refractivity (Wildman–Crippen MR) is 105 cm³/mol. The molecule has 27 heavy (non-hydrogen) atoms. The average molecular weight is 364 g/mol. The number of benzene rings is 1. The highest BCUT2D eigenvalue weighted by atomic mass is 16.4. The maximum Gasteiger partial charge on any atom is 0.309 e. The van der Waals surface area contributed by atoms with E-state index in [2.05, 4.69) is 32.0 Å². The molecule has 1 aliphatic heterocycles. The third-order valence-corrected chi connectivity index (χ3v) is 5.77. The normalized spacial score (nSPS) is 16.5. The van der Waals surface area contributed by atoms with Crippen LogP contribution in [0, 0.1) is 5.41 Å². The van der Waals surface area contributed by atoms with Crippen LogP contribution in [-0.2, 0) is 11.2 Å². The minimum atomic E-state index is -0.662. The fourth-order valence-electron chi connectivity index (χ4n) is 4.10. The van der Waals surface area contributed by atoms with E-state index in [0.717, 1.165) is 29.7 Å². The van der Waals surface area contributed by atoms with E-state index in [9.17, 15) is 9.90 Å². The number of hydrogen-bond donors (Lipinski definition) is 2. The lowest BCUT2D eigenvalue weighted by Crippen LogP contribution is -2.44. The molecule has 1 saturated heterocycles. The molecule has 0 aliphatic carbocycles. The number of nitrogens with zero attached hydrogens (tertiary/aromatic N) is 3. The van der Waals surface area contributed by atoms with Crippen molar-refractivity contribution in [2.45, 2.75) is 32.1 Å². The van der Waals surface area contributed by atoms with Crippen molar-refractivity contribution >= 4 is 22.8 Å². The summed E-state index contributed by atoms with van der Waals surface area (Å²) in [5.74, 6) is 0.231. The van der Waals surface area contributed by atoms with E-state index in [1.54, 1.807) is 6.33 Å². The van der Waals surface area contributed by atoms with Crippen molar-refractivity contribution in [3.05, 3.63) is 54.5 Å². The van der Waals surface area contributed by atoms with Gasteiger partial charge in [-0.1, -0.05) is 30.3 Å². The van der Waals surface area contributed by atoms with Gasteiger partial charge in [0, 0.05) is 19.3 Å². The van der Waals surface area contributed by atoms with Crippen LogP contribution in [0.3, 0.4) is 0 Å². The van der Waals surface area contributed by atoms with Gasteiger partial charge in [0.1, 0.15) is 17.8 Å². The van der Waals surface area contributed by atoms with Crippen LogP contribution < -0.4 is 4.90 Å². The number of piperidine rings is 1. The number of nitrogens with one attached hydrogen (secondary N) is 1. The van der Waals surface area contributed by atoms with Crippen molar-refractivity contribution in [1.82, 2.24) is 15.0 Å². The van der Waals surface area contributed by atoms with Gasteiger partial charge in [-0.25, -0.2) is 9.97 Å². The molecule has 6 nitrogen and oxygen atoms in total. The zero-order valence-corrected chi connectivity index (χ0v) is 15.3. The summed E-state index contributed by atoms with van der Waals surface area (Å²) in [6, 6.07) is 12.3. The molecule has 0 spiro atoms. The summed E-state index contributed by atoms with van der Waals surface area (Å²) < 4.78 is 0. The molecule has 0 unspecified atom stereocenters. The molecule has 0 bridgehead atoms. The summed E-state index contributed by atoms with van der Waals surface area (Å²) >= 11 is 0. The van der Waals surface area contributed by atoms with E-state index in [1.807, 2.05) is 30.5 Å². The molecule has 0 amide bonds. The highest BCUT2D eigenvalue weighted by Crippen LogP contribution is 2.39. The first-order valence-electron chi connectivity index (χ1n) is 9.48. The molecule has 2 N–H and O–H groups in total. The van der Waals surface area contributed by atoms with Crippen molar-refractivity contribution in [3.8, 4) is 0 Å². The molecular weight excluding hydrogens is 340 g/mol. The fourth-order valence-corrected chi connectivity index (χ4v) is 4.10. The van der Waals surface area contributed by atoms with Crippen LogP contribution in [0.5, 0.6) is 0 Å². The monoisotopic (exact) mass is 364 g/mol. The molecule has 0 saturated carbocycles. The van der Waals surface area contributed by atoms with E-state index in [0.29, 0.717) is 32.4 Å². The van der Waals surface area contributed by atoms with Crippen LogP contribution in [0.2, 0.25) is 0 Å². The molecule has 0 atom stereocenters. The summed E-state index contributed by atoms with van der Waals surface area (Å²) in [6.07, 6.45) is 7.25. The Bertz CT molecular complexity index is 914. The van der Waals surface area contributed by atoms with Crippen molar-refractivity contribution in [2.24, 2.45) is 5.41 Å². The van der Waals surface area contributed by atoms with Gasteiger partial charge in [-0.3, -0.25) is 4.79 Å². The molecule has 1 aromatic carbocycles. The van der Waals surface area contributed by atoms with Crippen molar-refractivity contribution in [3.63, 3.8) is 0 Å². The second-order valence-corrected chi connectivity index (χ2v) is 7.35. The quantitative estimate of drug-likeness (QED) is 0.698. The molecule has 0 radical (unpaired) electrons. The predicted octanol–water partition coefficient (Wildman–Crippen LogP) is 3.65. The van der Waals surface area contributed by atoms with E-state index >= 15 is 0 Å². The number of hydrogen-bond acceptors (Lipinski definition) is 4. The Morgan fingerprint density at radius 2 is 1.93 bits per heavy atom. The van der Waals surface area contributed by atoms with Gasteiger partial charge in [-0.05, 0) is 43.7 Å². The number of fused-ring (bicyclic) bond motifs is 1. The van der Waals surface area contributed by atoms with Crippen molar-refractivity contribution in [1.29, 1.82) is 0 Å². The number of carboxylic acid groups (broad SMARTS) is 1. The zero-order valence-electron chi connectivity index (χ0n) is 15.3. The van der Waals surface area contributed by atoms with E-state index < -0.39 is 11.4 Å². The first kappa shape index (κ1) is 17.5. The van der Waals surface area contributed by atoms with Crippen LogP contribution in [0.15, 0.2) is 48.9 Å². The van der Waals surface area contributed by atoms with E-state index in [-0.39, 0.29) is 0 Å². The van der Waals surface area contributed by atoms with Gasteiger partial charge in [0.15, 0.2) is 0 Å². The highest BCUT2D eigenvalue weighted by Gasteiger charge is 2.41. The van der Waals surface area contributed by atoms with Gasteiger partial charge in [0.2, 0.25) is 0 Å². The van der Waals surface area contributed by atoms with Crippen LogP contribution >= 0.6 is 0 Å². The number of rotatable bonds is 6. The van der Waals surface area contributed by atoms with Crippen molar-refractivity contribution < 1.29 is 9.90 Å². The van der Waals surface area contributed by atoms with Gasteiger partial charge in [0.25, 0.3) is 0 Å². The maximum atomic E-state index is 12.1. The summed E-state index contributed by atoms with van der Waals surface area (Å²) in [6.45, 7) is 1.41.